The van der Waals surface area contributed by atoms with E-state index in [1.807, 2.05) is 0 Å². The van der Waals surface area contributed by atoms with Crippen molar-refractivity contribution in [3.63, 3.8) is 0 Å². The first-order valence-electron chi connectivity index (χ1n) is 9.96. The molecule has 0 aliphatic carbocycles. The van der Waals surface area contributed by atoms with E-state index in [0.29, 0.717) is 24.3 Å². The van der Waals surface area contributed by atoms with Crippen molar-refractivity contribution in [2.45, 2.75) is 9.79 Å². The van der Waals surface area contributed by atoms with Gasteiger partial charge < -0.3 is 36.2 Å². The molecule has 2 amide bonds. The Morgan fingerprint density at radius 3 is 1.23 bits per heavy atom. The molecule has 18 heteroatoms. The molecule has 9 N–H and O–H groups in total. The molecule has 16 nitrogen and oxygen atoms in total. The lowest BCUT2D eigenvalue weighted by atomic mass is 10.1. The Morgan fingerprint density at radius 2 is 0.923 bits per heavy atom. The number of carboxylic acid groups (broad SMARTS) is 1. The molecule has 0 aliphatic rings. The van der Waals surface area contributed by atoms with Gasteiger partial charge in [-0.25, -0.2) is 4.79 Å². The van der Waals surface area contributed by atoms with Gasteiger partial charge in [0.05, 0.1) is 16.7 Å². The van der Waals surface area contributed by atoms with E-state index in [1.165, 1.54) is 0 Å². The molecule has 0 heterocycles. The molecule has 0 spiro atoms. The molecule has 0 fully saturated rings. The summed E-state index contributed by atoms with van der Waals surface area (Å²) in [6.45, 7) is 0. The van der Waals surface area contributed by atoms with Gasteiger partial charge in [-0.1, -0.05) is 0 Å². The highest BCUT2D eigenvalue weighted by Gasteiger charge is 2.24. The molecule has 0 atom stereocenters. The van der Waals surface area contributed by atoms with Crippen LogP contribution < -0.4 is 10.6 Å². The van der Waals surface area contributed by atoms with Crippen LogP contribution in [0.5, 0.6) is 23.0 Å². The Kier molecular flexibility index (Phi) is 7.42. The van der Waals surface area contributed by atoms with E-state index in [9.17, 15) is 56.8 Å². The minimum atomic E-state index is -4.95. The number of rotatable bonds is 7. The van der Waals surface area contributed by atoms with Gasteiger partial charge in [-0.3, -0.25) is 18.7 Å². The van der Waals surface area contributed by atoms with Gasteiger partial charge in [0.15, 0.2) is 0 Å². The molecular formula is C21H16N2O14S2. The zero-order chi connectivity index (χ0) is 29.4. The standard InChI is InChI=1S/C21H16N2O14S2/c24-13-6-17(38(32,33)34)15(26)4-11(13)19(28)22-9-1-8(21(30)31)2-10(3-9)23-20(29)12-5-16(27)18(7-14(12)25)39(35,36)37/h1-7,24-27H,(H,22,28)(H,23,29)(H,30,31)(H,32,33,34)(H,35,36,37). The molecule has 3 aromatic rings. The number of carbonyl (C=O) groups excluding carboxylic acids is 2. The molecule has 3 rings (SSSR count). The van der Waals surface area contributed by atoms with Crippen LogP contribution >= 0.6 is 0 Å². The molecule has 3 aromatic carbocycles. The van der Waals surface area contributed by atoms with Crippen molar-refractivity contribution in [2.75, 3.05) is 10.6 Å². The second kappa shape index (κ2) is 10.1. The van der Waals surface area contributed by atoms with Gasteiger partial charge in [0, 0.05) is 23.5 Å². The fourth-order valence-electron chi connectivity index (χ4n) is 3.18. The number of amides is 2. The predicted octanol–water partition coefficient (Wildman–Crippen LogP) is 1.21. The van der Waals surface area contributed by atoms with Gasteiger partial charge in [0.2, 0.25) is 0 Å². The van der Waals surface area contributed by atoms with Crippen molar-refractivity contribution in [2.24, 2.45) is 0 Å². The Balaban J connectivity index is 1.95. The minimum Gasteiger partial charge on any atom is -0.507 e. The lowest BCUT2D eigenvalue weighted by molar-refractivity contribution is 0.0696. The summed E-state index contributed by atoms with van der Waals surface area (Å²) in [6.07, 6.45) is 0. The molecule has 0 aromatic heterocycles. The fraction of sp³-hybridized carbons (Fsp3) is 0. The number of phenols is 4. The third-order valence-electron chi connectivity index (χ3n) is 4.90. The van der Waals surface area contributed by atoms with Crippen LogP contribution in [0.15, 0.2) is 52.3 Å². The van der Waals surface area contributed by atoms with Gasteiger partial charge in [-0.2, -0.15) is 16.8 Å². The second-order valence-corrected chi connectivity index (χ2v) is 10.4. The van der Waals surface area contributed by atoms with E-state index in [4.69, 9.17) is 9.11 Å². The van der Waals surface area contributed by atoms with E-state index in [0.717, 1.165) is 18.2 Å². The maximum absolute atomic E-state index is 12.6. The number of carbonyl (C=O) groups is 3. The number of carboxylic acids is 1. The van der Waals surface area contributed by atoms with Crippen molar-refractivity contribution in [1.29, 1.82) is 0 Å². The lowest BCUT2D eigenvalue weighted by Gasteiger charge is -2.13. The molecule has 39 heavy (non-hydrogen) atoms. The molecule has 0 aliphatic heterocycles. The predicted molar refractivity (Wildman–Crippen MR) is 128 cm³/mol. The molecule has 206 valence electrons. The van der Waals surface area contributed by atoms with Crippen molar-refractivity contribution >= 4 is 49.4 Å². The summed E-state index contributed by atoms with van der Waals surface area (Å²) in [6, 6.07) is 4.68. The summed E-state index contributed by atoms with van der Waals surface area (Å²) in [5.41, 5.74) is -2.48. The normalized spacial score (nSPS) is 11.5. The number of hydrogen-bond donors (Lipinski definition) is 9. The molecule has 0 unspecified atom stereocenters. The summed E-state index contributed by atoms with van der Waals surface area (Å²) in [5, 5.41) is 53.3. The third kappa shape index (κ3) is 6.33. The minimum absolute atomic E-state index is 0.304. The summed E-state index contributed by atoms with van der Waals surface area (Å²) < 4.78 is 63.0. The number of aromatic carboxylic acids is 1. The summed E-state index contributed by atoms with van der Waals surface area (Å²) in [4.78, 5) is 34.6. The SMILES string of the molecule is O=C(O)c1cc(NC(=O)c2cc(O)c(S(=O)(=O)O)cc2O)cc(NC(=O)c2cc(O)c(S(=O)(=O)O)cc2O)c1. The van der Waals surface area contributed by atoms with E-state index >= 15 is 0 Å². The van der Waals surface area contributed by atoms with Gasteiger partial charge in [-0.05, 0) is 30.3 Å². The van der Waals surface area contributed by atoms with Gasteiger partial charge in [0.1, 0.15) is 32.8 Å². The highest BCUT2D eigenvalue weighted by molar-refractivity contribution is 7.86. The Morgan fingerprint density at radius 1 is 0.564 bits per heavy atom. The number of anilines is 2. The number of hydrogen-bond acceptors (Lipinski definition) is 11. The highest BCUT2D eigenvalue weighted by atomic mass is 32.2. The Hall–Kier alpha value is -4.91. The number of phenolic OH excluding ortho intramolecular Hbond substituents is 4. The van der Waals surface area contributed by atoms with Crippen LogP contribution in [0.3, 0.4) is 0 Å². The van der Waals surface area contributed by atoms with Crippen LogP contribution in [0.1, 0.15) is 31.1 Å². The van der Waals surface area contributed by atoms with Gasteiger partial charge in [0.25, 0.3) is 32.1 Å². The van der Waals surface area contributed by atoms with Crippen molar-refractivity contribution in [3.05, 3.63) is 59.2 Å². The van der Waals surface area contributed by atoms with Crippen molar-refractivity contribution in [1.82, 2.24) is 0 Å². The third-order valence-corrected chi connectivity index (χ3v) is 6.66. The Labute approximate surface area is 217 Å². The average molecular weight is 584 g/mol. The van der Waals surface area contributed by atoms with Crippen molar-refractivity contribution in [3.8, 4) is 23.0 Å². The molecular weight excluding hydrogens is 568 g/mol. The monoisotopic (exact) mass is 584 g/mol. The van der Waals surface area contributed by atoms with E-state index < -0.39 is 87.5 Å². The average Bonchev–Trinajstić information content (AvgIpc) is 2.79. The second-order valence-electron chi connectivity index (χ2n) is 7.64. The molecule has 0 saturated carbocycles. The topological polar surface area (TPSA) is 285 Å². The number of benzene rings is 3. The largest absolute Gasteiger partial charge is 0.507 e. The Bertz CT molecular complexity index is 1650. The van der Waals surface area contributed by atoms with Gasteiger partial charge >= 0.3 is 5.97 Å². The summed E-state index contributed by atoms with van der Waals surface area (Å²) >= 11 is 0. The van der Waals surface area contributed by atoms with E-state index in [2.05, 4.69) is 10.6 Å². The zero-order valence-electron chi connectivity index (χ0n) is 18.8. The highest BCUT2D eigenvalue weighted by Crippen LogP contribution is 2.33. The number of aromatic hydroxyl groups is 4. The molecule has 0 radical (unpaired) electrons. The summed E-state index contributed by atoms with van der Waals surface area (Å²) in [7, 11) is -9.90. The van der Waals surface area contributed by atoms with Crippen LogP contribution in [0.2, 0.25) is 0 Å². The maximum atomic E-state index is 12.6. The first kappa shape index (κ1) is 28.7. The van der Waals surface area contributed by atoms with Gasteiger partial charge in [-0.15, -0.1) is 0 Å². The smallest absolute Gasteiger partial charge is 0.335 e. The van der Waals surface area contributed by atoms with Crippen LogP contribution in [0, 0.1) is 0 Å². The summed E-state index contributed by atoms with van der Waals surface area (Å²) in [5.74, 6) is -8.04. The zero-order valence-corrected chi connectivity index (χ0v) is 20.5. The quantitative estimate of drug-likeness (QED) is 0.139. The van der Waals surface area contributed by atoms with Crippen LogP contribution in [-0.2, 0) is 20.2 Å². The number of nitrogens with one attached hydrogen (secondary N) is 2. The fourth-order valence-corrected chi connectivity index (χ4v) is 4.35. The van der Waals surface area contributed by atoms with E-state index in [-0.39, 0.29) is 11.4 Å². The van der Waals surface area contributed by atoms with Crippen molar-refractivity contribution < 1.29 is 65.9 Å². The first-order valence-corrected chi connectivity index (χ1v) is 12.8. The lowest BCUT2D eigenvalue weighted by Crippen LogP contribution is -2.16. The molecule has 0 saturated heterocycles. The van der Waals surface area contributed by atoms with Crippen LogP contribution in [0.4, 0.5) is 11.4 Å². The molecule has 0 bridgehead atoms. The maximum Gasteiger partial charge on any atom is 0.335 e. The van der Waals surface area contributed by atoms with E-state index in [1.54, 1.807) is 0 Å². The van der Waals surface area contributed by atoms with Crippen LogP contribution in [-0.4, -0.2) is 69.3 Å². The first-order chi connectivity index (χ1) is 17.9. The van der Waals surface area contributed by atoms with Crippen LogP contribution in [0.25, 0.3) is 0 Å².